The first-order valence-electron chi connectivity index (χ1n) is 21.9. The molecule has 7 heterocycles. The van der Waals surface area contributed by atoms with Crippen LogP contribution in [-0.2, 0) is 33.9 Å². The molecule has 3 atom stereocenters. The highest BCUT2D eigenvalue weighted by molar-refractivity contribution is 6.06. The van der Waals surface area contributed by atoms with Gasteiger partial charge in [-0.1, -0.05) is 25.1 Å². The maximum absolute atomic E-state index is 13.7. The maximum Gasteiger partial charge on any atom is 0.255 e. The molecule has 13 nitrogen and oxygen atoms in total. The molecule has 4 aromatic rings. The van der Waals surface area contributed by atoms with Gasteiger partial charge in [0.1, 0.15) is 6.04 Å². The molecular weight excluding hydrogens is 795 g/mol. The van der Waals surface area contributed by atoms with E-state index in [4.69, 9.17) is 4.98 Å². The number of carbonyl (C=O) groups is 5. The van der Waals surface area contributed by atoms with Crippen molar-refractivity contribution < 1.29 is 32.8 Å². The first-order valence-corrected chi connectivity index (χ1v) is 21.9. The number of carbonyl (C=O) groups excluding carboxylic acids is 5. The Morgan fingerprint density at radius 2 is 1.71 bits per heavy atom. The van der Waals surface area contributed by atoms with Crippen LogP contribution in [-0.4, -0.2) is 125 Å². The van der Waals surface area contributed by atoms with Crippen LogP contribution in [0.4, 0.5) is 14.5 Å². The van der Waals surface area contributed by atoms with Crippen LogP contribution >= 0.6 is 0 Å². The molecule has 0 aliphatic carbocycles. The molecule has 2 N–H and O–H groups in total. The van der Waals surface area contributed by atoms with E-state index in [0.717, 1.165) is 118 Å². The molecule has 1 spiro atoms. The summed E-state index contributed by atoms with van der Waals surface area (Å²) in [5, 5.41) is 3.42. The Hall–Kier alpha value is -5.54. The fourth-order valence-electron chi connectivity index (χ4n) is 10.3. The van der Waals surface area contributed by atoms with Gasteiger partial charge >= 0.3 is 0 Å². The lowest BCUT2D eigenvalue weighted by Crippen LogP contribution is -2.53. The summed E-state index contributed by atoms with van der Waals surface area (Å²) >= 11 is 0. The number of amides is 4. The predicted octanol–water partition coefficient (Wildman–Crippen LogP) is 5.71. The number of pyridine rings is 1. The Balaban J connectivity index is 0.000000185. The van der Waals surface area contributed by atoms with Crippen molar-refractivity contribution >= 4 is 47.0 Å². The van der Waals surface area contributed by atoms with Crippen molar-refractivity contribution in [1.29, 1.82) is 0 Å². The van der Waals surface area contributed by atoms with Gasteiger partial charge in [-0.15, -0.1) is 0 Å². The van der Waals surface area contributed by atoms with Gasteiger partial charge in [-0.2, -0.15) is 0 Å². The van der Waals surface area contributed by atoms with E-state index < -0.39 is 18.4 Å². The molecule has 4 amide bonds. The number of H-pyrrole nitrogens is 1. The number of fused-ring (bicyclic) bond motifs is 4. The van der Waals surface area contributed by atoms with Gasteiger partial charge in [-0.3, -0.25) is 44.1 Å². The lowest BCUT2D eigenvalue weighted by molar-refractivity contribution is -0.136. The van der Waals surface area contributed by atoms with E-state index in [1.807, 2.05) is 41.1 Å². The van der Waals surface area contributed by atoms with Crippen LogP contribution in [0.1, 0.15) is 107 Å². The topological polar surface area (TPSA) is 142 Å². The molecule has 3 fully saturated rings. The summed E-state index contributed by atoms with van der Waals surface area (Å²) in [6, 6.07) is 14.8. The summed E-state index contributed by atoms with van der Waals surface area (Å²) in [7, 11) is 1.53. The summed E-state index contributed by atoms with van der Waals surface area (Å²) in [5.41, 5.74) is 8.22. The molecule has 15 heteroatoms. The number of benzene rings is 2. The smallest absolute Gasteiger partial charge is 0.255 e. The number of rotatable bonds is 9. The van der Waals surface area contributed by atoms with Crippen molar-refractivity contribution in [3.63, 3.8) is 0 Å². The Labute approximate surface area is 360 Å². The number of halogens is 2. The number of imide groups is 1. The summed E-state index contributed by atoms with van der Waals surface area (Å²) in [5.74, 6) is -1.18. The van der Waals surface area contributed by atoms with Gasteiger partial charge in [0.2, 0.25) is 18.2 Å². The zero-order valence-corrected chi connectivity index (χ0v) is 35.7. The third-order valence-corrected chi connectivity index (χ3v) is 14.1. The quantitative estimate of drug-likeness (QED) is 0.160. The third-order valence-electron chi connectivity index (χ3n) is 14.1. The molecule has 0 radical (unpaired) electrons. The Morgan fingerprint density at radius 1 is 1.00 bits per heavy atom. The number of hydrogen-bond donors (Lipinski definition) is 2. The minimum atomic E-state index is -2.41. The number of aromatic nitrogens is 2. The van der Waals surface area contributed by atoms with Crippen LogP contribution in [0.2, 0.25) is 0 Å². The van der Waals surface area contributed by atoms with Crippen LogP contribution in [0, 0.1) is 5.41 Å². The zero-order chi connectivity index (χ0) is 43.7. The van der Waals surface area contributed by atoms with Gasteiger partial charge in [0.25, 0.3) is 12.3 Å². The standard InChI is InChI=1S/C29H35F2N5O.C18H21N3O4/c1-20-16-23-22-4-2-3-5-24(22)33-27(23)28(36(20)18-26(30)31)25-7-6-21(17-32-25)35-14-10-29(11-15-35)8-12-34(19-37)13-9-29;1-3-21-8-11-6-13(10-22)14(7-12(11)9-21)18(25)20(2)15-4-5-16(23)19-17(15)24/h2-7,17,19-20,26,28,33H,8-16,18H2,1H3;6-7,10,15H,3-5,8-9H2,1-2H3,(H,19,23,24)/t20-,28?;/m1./s1. The number of hydrogen-bond acceptors (Lipinski definition) is 9. The van der Waals surface area contributed by atoms with E-state index in [-0.39, 0.29) is 43.3 Å². The number of nitrogens with one attached hydrogen (secondary N) is 2. The van der Waals surface area contributed by atoms with E-state index >= 15 is 0 Å². The average molecular weight is 851 g/mol. The highest BCUT2D eigenvalue weighted by Gasteiger charge is 2.40. The number of anilines is 1. The molecule has 5 aliphatic heterocycles. The van der Waals surface area contributed by atoms with Gasteiger partial charge < -0.3 is 19.7 Å². The lowest BCUT2D eigenvalue weighted by Gasteiger charge is -2.46. The number of likely N-dealkylation sites (N-methyl/N-ethyl adjacent to an activating group) is 1. The molecule has 2 aromatic heterocycles. The number of aromatic amines is 1. The molecule has 62 heavy (non-hydrogen) atoms. The number of piperidine rings is 3. The van der Waals surface area contributed by atoms with E-state index in [2.05, 4.69) is 45.2 Å². The Morgan fingerprint density at radius 3 is 2.35 bits per heavy atom. The molecule has 0 saturated carbocycles. The van der Waals surface area contributed by atoms with Crippen LogP contribution in [0.15, 0.2) is 54.7 Å². The monoisotopic (exact) mass is 850 g/mol. The SMILES string of the molecule is CCN1Cc2cc(C=O)c(C(=O)N(C)C3CCC(=O)NC3=O)cc2C1.C[C@@H]1Cc2c([nH]c3ccccc23)C(c2ccc(N3CCC4(CCN(C=O)CC4)CC3)cn2)N1CC(F)F. The van der Waals surface area contributed by atoms with Crippen LogP contribution < -0.4 is 10.2 Å². The maximum atomic E-state index is 13.7. The van der Waals surface area contributed by atoms with E-state index in [0.29, 0.717) is 22.8 Å². The van der Waals surface area contributed by atoms with E-state index in [9.17, 15) is 32.8 Å². The summed E-state index contributed by atoms with van der Waals surface area (Å²) < 4.78 is 27.3. The second kappa shape index (κ2) is 18.1. The fraction of sp³-hybridized carbons (Fsp3) is 0.489. The largest absolute Gasteiger partial charge is 0.370 e. The average Bonchev–Trinajstić information content (AvgIpc) is 3.87. The van der Waals surface area contributed by atoms with Crippen LogP contribution in [0.25, 0.3) is 10.9 Å². The zero-order valence-electron chi connectivity index (χ0n) is 35.7. The van der Waals surface area contributed by atoms with E-state index in [1.165, 1.54) is 22.9 Å². The molecule has 2 aromatic carbocycles. The molecule has 9 rings (SSSR count). The predicted molar refractivity (Wildman–Crippen MR) is 231 cm³/mol. The first-order chi connectivity index (χ1) is 29.9. The van der Waals surface area contributed by atoms with Gasteiger partial charge in [-0.25, -0.2) is 8.78 Å². The normalized spacial score (nSPS) is 22.5. The number of para-hydroxylation sites is 1. The molecule has 2 unspecified atom stereocenters. The van der Waals surface area contributed by atoms with Crippen molar-refractivity contribution in [2.75, 3.05) is 51.2 Å². The second-order valence-electron chi connectivity index (χ2n) is 17.7. The summed E-state index contributed by atoms with van der Waals surface area (Å²) in [6.45, 7) is 9.92. The van der Waals surface area contributed by atoms with Gasteiger partial charge in [-0.05, 0) is 104 Å². The minimum Gasteiger partial charge on any atom is -0.370 e. The molecule has 328 valence electrons. The van der Waals surface area contributed by atoms with Crippen molar-refractivity contribution in [1.82, 2.24) is 34.9 Å². The minimum absolute atomic E-state index is 0.0175. The first kappa shape index (κ1) is 43.1. The highest BCUT2D eigenvalue weighted by atomic mass is 19.3. The second-order valence-corrected chi connectivity index (χ2v) is 17.7. The fourth-order valence-corrected chi connectivity index (χ4v) is 10.3. The number of likely N-dealkylation sites (tertiary alicyclic amines) is 1. The van der Waals surface area contributed by atoms with Crippen molar-refractivity contribution in [3.8, 4) is 0 Å². The molecular formula is C47H56F2N8O5. The molecule has 3 saturated heterocycles. The number of alkyl halides is 2. The van der Waals surface area contributed by atoms with Gasteiger partial charge in [0, 0.05) is 80.9 Å². The van der Waals surface area contributed by atoms with Crippen molar-refractivity contribution in [3.05, 3.63) is 93.9 Å². The molecule has 5 aliphatic rings. The van der Waals surface area contributed by atoms with Gasteiger partial charge in [0.15, 0.2) is 6.29 Å². The Kier molecular flexibility index (Phi) is 12.6. The Bertz CT molecular complexity index is 2320. The number of aldehydes is 1. The highest BCUT2D eigenvalue weighted by Crippen LogP contribution is 2.43. The van der Waals surface area contributed by atoms with Crippen molar-refractivity contribution in [2.45, 2.75) is 96.4 Å². The number of nitrogens with zero attached hydrogens (tertiary/aromatic N) is 6. The third kappa shape index (κ3) is 8.61. The lowest BCUT2D eigenvalue weighted by atomic mass is 9.71. The van der Waals surface area contributed by atoms with Crippen molar-refractivity contribution in [2.24, 2.45) is 5.41 Å². The van der Waals surface area contributed by atoms with E-state index in [1.54, 1.807) is 12.1 Å². The summed E-state index contributed by atoms with van der Waals surface area (Å²) in [6.07, 6.45) is 6.82. The van der Waals surface area contributed by atoms with Crippen LogP contribution in [0.3, 0.4) is 0 Å². The summed E-state index contributed by atoms with van der Waals surface area (Å²) in [4.78, 5) is 76.9. The van der Waals surface area contributed by atoms with Crippen LogP contribution in [0.5, 0.6) is 0 Å². The molecule has 0 bridgehead atoms. The van der Waals surface area contributed by atoms with Gasteiger partial charge in [0.05, 0.1) is 35.7 Å².